The lowest BCUT2D eigenvalue weighted by molar-refractivity contribution is 0.493. The number of sulfonamides is 1. The predicted octanol–water partition coefficient (Wildman–Crippen LogP) is 0.0681. The Hall–Kier alpha value is -0.900. The van der Waals surface area contributed by atoms with Gasteiger partial charge in [0.1, 0.15) is 16.4 Å². The number of hydrogen-bond donors (Lipinski definition) is 2. The van der Waals surface area contributed by atoms with Gasteiger partial charge in [-0.15, -0.1) is 0 Å². The minimum absolute atomic E-state index is 0.0304. The molecule has 0 aromatic carbocycles. The van der Waals surface area contributed by atoms with Gasteiger partial charge < -0.3 is 10.2 Å². The molecule has 1 fully saturated rings. The Balaban J connectivity index is 2.16. The van der Waals surface area contributed by atoms with Gasteiger partial charge in [0.15, 0.2) is 9.84 Å². The fraction of sp³-hybridized carbons (Fsp3) is 0.667. The molecular weight excluding hydrogens is 316 g/mol. The summed E-state index contributed by atoms with van der Waals surface area (Å²) < 4.78 is 55.4. The SMILES string of the molecule is Cc1oc(C)c(S(=O)(=O)NCC2CCS(=O)(=O)C2)c1CN. The van der Waals surface area contributed by atoms with Crippen molar-refractivity contribution in [1.29, 1.82) is 0 Å². The molecule has 9 heteroatoms. The van der Waals surface area contributed by atoms with Crippen molar-refractivity contribution in [1.82, 2.24) is 4.72 Å². The Morgan fingerprint density at radius 2 is 2.00 bits per heavy atom. The molecule has 1 atom stereocenters. The zero-order valence-corrected chi connectivity index (χ0v) is 13.7. The van der Waals surface area contributed by atoms with Gasteiger partial charge in [-0.3, -0.25) is 0 Å². The van der Waals surface area contributed by atoms with Gasteiger partial charge in [0.25, 0.3) is 0 Å². The maximum atomic E-state index is 12.4. The zero-order chi connectivity index (χ0) is 15.8. The van der Waals surface area contributed by atoms with Crippen LogP contribution in [0.3, 0.4) is 0 Å². The zero-order valence-electron chi connectivity index (χ0n) is 12.0. The lowest BCUT2D eigenvalue weighted by Gasteiger charge is -2.11. The van der Waals surface area contributed by atoms with E-state index in [0.29, 0.717) is 23.5 Å². The molecule has 0 bridgehead atoms. The number of nitrogens with two attached hydrogens (primary N) is 1. The molecule has 120 valence electrons. The highest BCUT2D eigenvalue weighted by Gasteiger charge is 2.31. The van der Waals surface area contributed by atoms with Gasteiger partial charge in [-0.25, -0.2) is 21.6 Å². The Labute approximate surface area is 124 Å². The second-order valence-electron chi connectivity index (χ2n) is 5.35. The first-order valence-corrected chi connectivity index (χ1v) is 9.96. The molecule has 1 aliphatic rings. The first-order chi connectivity index (χ1) is 9.66. The molecule has 0 radical (unpaired) electrons. The summed E-state index contributed by atoms with van der Waals surface area (Å²) in [5, 5.41) is 0. The fourth-order valence-corrected chi connectivity index (χ4v) is 6.06. The van der Waals surface area contributed by atoms with Crippen LogP contribution in [-0.2, 0) is 26.4 Å². The minimum Gasteiger partial charge on any atom is -0.465 e. The molecule has 1 aliphatic heterocycles. The number of rotatable bonds is 5. The summed E-state index contributed by atoms with van der Waals surface area (Å²) in [5.74, 6) is 0.748. The first-order valence-electron chi connectivity index (χ1n) is 6.65. The molecule has 3 N–H and O–H groups in total. The molecule has 1 aromatic heterocycles. The third-order valence-electron chi connectivity index (χ3n) is 3.69. The number of aryl methyl sites for hydroxylation is 2. The van der Waals surface area contributed by atoms with Crippen molar-refractivity contribution in [3.63, 3.8) is 0 Å². The van der Waals surface area contributed by atoms with Crippen molar-refractivity contribution in [3.8, 4) is 0 Å². The van der Waals surface area contributed by atoms with E-state index in [-0.39, 0.29) is 35.4 Å². The van der Waals surface area contributed by atoms with Crippen LogP contribution in [0.2, 0.25) is 0 Å². The van der Waals surface area contributed by atoms with E-state index in [4.69, 9.17) is 10.2 Å². The van der Waals surface area contributed by atoms with Crippen LogP contribution in [-0.4, -0.2) is 34.9 Å². The molecule has 1 unspecified atom stereocenters. The van der Waals surface area contributed by atoms with Crippen molar-refractivity contribution in [2.45, 2.75) is 31.7 Å². The Morgan fingerprint density at radius 3 is 2.52 bits per heavy atom. The van der Waals surface area contributed by atoms with E-state index in [2.05, 4.69) is 4.72 Å². The van der Waals surface area contributed by atoms with E-state index in [1.165, 1.54) is 0 Å². The van der Waals surface area contributed by atoms with Crippen LogP contribution in [0.15, 0.2) is 9.31 Å². The highest BCUT2D eigenvalue weighted by atomic mass is 32.2. The van der Waals surface area contributed by atoms with Crippen molar-refractivity contribution in [3.05, 3.63) is 17.1 Å². The molecule has 1 aromatic rings. The molecule has 0 saturated carbocycles. The third-order valence-corrected chi connectivity index (χ3v) is 7.14. The predicted molar refractivity (Wildman–Crippen MR) is 78.0 cm³/mol. The Kier molecular flexibility index (Phi) is 4.48. The Morgan fingerprint density at radius 1 is 1.33 bits per heavy atom. The molecule has 0 aliphatic carbocycles. The molecule has 0 amide bonds. The van der Waals surface area contributed by atoms with E-state index in [0.717, 1.165) is 0 Å². The number of nitrogens with one attached hydrogen (secondary N) is 1. The summed E-state index contributed by atoms with van der Waals surface area (Å²) in [6.45, 7) is 3.41. The lowest BCUT2D eigenvalue weighted by Crippen LogP contribution is -2.31. The highest BCUT2D eigenvalue weighted by Crippen LogP contribution is 2.26. The topological polar surface area (TPSA) is 119 Å². The first kappa shape index (κ1) is 16.5. The van der Waals surface area contributed by atoms with Crippen LogP contribution in [0.4, 0.5) is 0 Å². The van der Waals surface area contributed by atoms with Gasteiger partial charge in [0.05, 0.1) is 11.5 Å². The smallest absolute Gasteiger partial charge is 0.244 e. The van der Waals surface area contributed by atoms with Crippen LogP contribution in [0.5, 0.6) is 0 Å². The molecule has 2 heterocycles. The minimum atomic E-state index is -3.76. The van der Waals surface area contributed by atoms with Crippen LogP contribution in [0.1, 0.15) is 23.5 Å². The van der Waals surface area contributed by atoms with E-state index in [1.807, 2.05) is 0 Å². The van der Waals surface area contributed by atoms with Gasteiger partial charge >= 0.3 is 0 Å². The molecule has 21 heavy (non-hydrogen) atoms. The second-order valence-corrected chi connectivity index (χ2v) is 9.28. The standard InChI is InChI=1S/C12H20N2O5S2/c1-8-11(5-13)12(9(2)19-8)21(17,18)14-6-10-3-4-20(15,16)7-10/h10,14H,3-7,13H2,1-2H3. The van der Waals surface area contributed by atoms with Gasteiger partial charge in [-0.2, -0.15) is 0 Å². The van der Waals surface area contributed by atoms with Crippen LogP contribution >= 0.6 is 0 Å². The summed E-state index contributed by atoms with van der Waals surface area (Å²) >= 11 is 0. The van der Waals surface area contributed by atoms with Crippen molar-refractivity contribution in [2.24, 2.45) is 11.7 Å². The van der Waals surface area contributed by atoms with Crippen molar-refractivity contribution in [2.75, 3.05) is 18.1 Å². The van der Waals surface area contributed by atoms with E-state index < -0.39 is 19.9 Å². The summed E-state index contributed by atoms with van der Waals surface area (Å²) in [5.41, 5.74) is 6.04. The summed E-state index contributed by atoms with van der Waals surface area (Å²) in [4.78, 5) is 0.0726. The maximum Gasteiger partial charge on any atom is 0.244 e. The largest absolute Gasteiger partial charge is 0.465 e. The molecule has 0 spiro atoms. The van der Waals surface area contributed by atoms with Crippen LogP contribution in [0.25, 0.3) is 0 Å². The van der Waals surface area contributed by atoms with Gasteiger partial charge in [-0.05, 0) is 26.2 Å². The van der Waals surface area contributed by atoms with E-state index in [9.17, 15) is 16.8 Å². The third kappa shape index (κ3) is 3.47. The average molecular weight is 336 g/mol. The summed E-state index contributed by atoms with van der Waals surface area (Å²) in [6.07, 6.45) is 0.484. The van der Waals surface area contributed by atoms with Gasteiger partial charge in [0.2, 0.25) is 10.0 Å². The monoisotopic (exact) mass is 336 g/mol. The number of hydrogen-bond acceptors (Lipinski definition) is 6. The lowest BCUT2D eigenvalue weighted by atomic mass is 10.1. The van der Waals surface area contributed by atoms with E-state index in [1.54, 1.807) is 13.8 Å². The highest BCUT2D eigenvalue weighted by molar-refractivity contribution is 7.91. The van der Waals surface area contributed by atoms with Gasteiger partial charge in [0, 0.05) is 18.7 Å². The van der Waals surface area contributed by atoms with Crippen molar-refractivity contribution < 1.29 is 21.3 Å². The molecular formula is C12H20N2O5S2. The van der Waals surface area contributed by atoms with E-state index >= 15 is 0 Å². The molecule has 7 nitrogen and oxygen atoms in total. The van der Waals surface area contributed by atoms with Crippen molar-refractivity contribution >= 4 is 19.9 Å². The van der Waals surface area contributed by atoms with Crippen LogP contribution in [0, 0.1) is 19.8 Å². The number of furan rings is 1. The van der Waals surface area contributed by atoms with Gasteiger partial charge in [-0.1, -0.05) is 0 Å². The summed E-state index contributed by atoms with van der Waals surface area (Å²) in [7, 11) is -6.77. The van der Waals surface area contributed by atoms with Crippen LogP contribution < -0.4 is 10.5 Å². The fourth-order valence-electron chi connectivity index (χ4n) is 2.63. The maximum absolute atomic E-state index is 12.4. The quantitative estimate of drug-likeness (QED) is 0.785. The second kappa shape index (κ2) is 5.71. The summed E-state index contributed by atoms with van der Waals surface area (Å²) in [6, 6.07) is 0. The average Bonchev–Trinajstić information content (AvgIpc) is 2.86. The Bertz CT molecular complexity index is 734. The normalized spacial score (nSPS) is 21.8. The molecule has 1 saturated heterocycles. The molecule has 2 rings (SSSR count). The number of sulfone groups is 1.